The topological polar surface area (TPSA) is 49.4 Å². The highest BCUT2D eigenvalue weighted by Gasteiger charge is 2.32. The van der Waals surface area contributed by atoms with Gasteiger partial charge in [0.1, 0.15) is 0 Å². The number of nitrogens with zero attached hydrogens (tertiary/aromatic N) is 1. The van der Waals surface area contributed by atoms with Crippen LogP contribution in [0.2, 0.25) is 0 Å². The van der Waals surface area contributed by atoms with Crippen molar-refractivity contribution in [1.82, 2.24) is 10.2 Å². The fraction of sp³-hybridized carbons (Fsp3) is 0.818. The molecule has 0 bridgehead atoms. The Morgan fingerprint density at radius 2 is 2.19 bits per heavy atom. The molecule has 1 aliphatic carbocycles. The summed E-state index contributed by atoms with van der Waals surface area (Å²) in [5, 5.41) is 3.32. The minimum Gasteiger partial charge on any atom is -0.347 e. The second-order valence-corrected chi connectivity index (χ2v) is 5.58. The van der Waals surface area contributed by atoms with Crippen molar-refractivity contribution < 1.29 is 9.59 Å². The molecule has 1 N–H and O–H groups in total. The van der Waals surface area contributed by atoms with Gasteiger partial charge in [-0.15, -0.1) is 0 Å². The number of thioether (sulfide) groups is 1. The third-order valence-electron chi connectivity index (χ3n) is 3.47. The van der Waals surface area contributed by atoms with Crippen LogP contribution in [0.4, 0.5) is 0 Å². The van der Waals surface area contributed by atoms with Gasteiger partial charge in [-0.1, -0.05) is 0 Å². The summed E-state index contributed by atoms with van der Waals surface area (Å²) in [5.74, 6) is 0.0767. The van der Waals surface area contributed by atoms with Crippen LogP contribution in [0.25, 0.3) is 0 Å². The van der Waals surface area contributed by atoms with Crippen LogP contribution < -0.4 is 5.32 Å². The van der Waals surface area contributed by atoms with Gasteiger partial charge in [0.2, 0.25) is 11.8 Å². The third-order valence-corrected chi connectivity index (χ3v) is 4.56. The highest BCUT2D eigenvalue weighted by molar-refractivity contribution is 7.99. The maximum absolute atomic E-state index is 11.8. The largest absolute Gasteiger partial charge is 0.347 e. The fourth-order valence-electron chi connectivity index (χ4n) is 2.51. The number of rotatable bonds is 2. The normalized spacial score (nSPS) is 31.4. The van der Waals surface area contributed by atoms with Crippen molar-refractivity contribution in [2.75, 3.05) is 19.3 Å². The van der Waals surface area contributed by atoms with Gasteiger partial charge in [-0.2, -0.15) is 11.8 Å². The Morgan fingerprint density at radius 3 is 2.88 bits per heavy atom. The number of amides is 2. The highest BCUT2D eigenvalue weighted by atomic mass is 32.2. The third kappa shape index (κ3) is 2.51. The smallest absolute Gasteiger partial charge is 0.242 e. The van der Waals surface area contributed by atoms with Crippen LogP contribution >= 0.6 is 11.8 Å². The summed E-state index contributed by atoms with van der Waals surface area (Å²) in [6.07, 6.45) is 5.94. The minimum atomic E-state index is -0.00439. The number of hydrogen-bond acceptors (Lipinski definition) is 3. The molecule has 5 heteroatoms. The van der Waals surface area contributed by atoms with Gasteiger partial charge in [0.25, 0.3) is 0 Å². The van der Waals surface area contributed by atoms with Crippen LogP contribution in [-0.4, -0.2) is 47.4 Å². The molecule has 16 heavy (non-hydrogen) atoms. The summed E-state index contributed by atoms with van der Waals surface area (Å²) >= 11 is 1.89. The Labute approximate surface area is 100 Å². The summed E-state index contributed by atoms with van der Waals surface area (Å²) in [4.78, 5) is 25.0. The van der Waals surface area contributed by atoms with Gasteiger partial charge in [-0.3, -0.25) is 9.59 Å². The standard InChI is InChI=1S/C11H18N2O2S/c1-16-9-3-2-8(6-9)13-5-4-10(14)12-7-11(13)15/h8-9H,2-7H2,1H3,(H,12,14). The lowest BCUT2D eigenvalue weighted by Gasteiger charge is -2.27. The van der Waals surface area contributed by atoms with E-state index in [1.54, 1.807) is 0 Å². The van der Waals surface area contributed by atoms with Gasteiger partial charge in [0, 0.05) is 24.3 Å². The molecule has 0 spiro atoms. The van der Waals surface area contributed by atoms with Crippen LogP contribution in [0.5, 0.6) is 0 Å². The SMILES string of the molecule is CSC1CCC(N2CCC(=O)NCC2=O)C1. The first-order valence-corrected chi connectivity index (χ1v) is 7.08. The van der Waals surface area contributed by atoms with Crippen molar-refractivity contribution >= 4 is 23.6 Å². The van der Waals surface area contributed by atoms with E-state index in [0.717, 1.165) is 12.8 Å². The Bertz CT molecular complexity index is 296. The molecule has 1 saturated heterocycles. The fourth-order valence-corrected chi connectivity index (χ4v) is 3.30. The van der Waals surface area contributed by atoms with E-state index in [2.05, 4.69) is 11.6 Å². The number of hydrogen-bond donors (Lipinski definition) is 1. The van der Waals surface area contributed by atoms with Gasteiger partial charge in [0.15, 0.2) is 0 Å². The van der Waals surface area contributed by atoms with E-state index in [1.165, 1.54) is 6.42 Å². The zero-order chi connectivity index (χ0) is 11.5. The average Bonchev–Trinajstić information content (AvgIpc) is 2.68. The molecule has 0 radical (unpaired) electrons. The quantitative estimate of drug-likeness (QED) is 0.772. The van der Waals surface area contributed by atoms with E-state index >= 15 is 0 Å². The van der Waals surface area contributed by atoms with E-state index in [9.17, 15) is 9.59 Å². The molecule has 2 amide bonds. The van der Waals surface area contributed by atoms with E-state index in [1.807, 2.05) is 16.7 Å². The van der Waals surface area contributed by atoms with Gasteiger partial charge in [-0.25, -0.2) is 0 Å². The van der Waals surface area contributed by atoms with E-state index in [0.29, 0.717) is 24.3 Å². The lowest BCUT2D eigenvalue weighted by atomic mass is 10.2. The zero-order valence-corrected chi connectivity index (χ0v) is 10.4. The average molecular weight is 242 g/mol. The maximum Gasteiger partial charge on any atom is 0.242 e. The van der Waals surface area contributed by atoms with Crippen molar-refractivity contribution in [2.24, 2.45) is 0 Å². The molecule has 2 aliphatic rings. The Balaban J connectivity index is 1.97. The van der Waals surface area contributed by atoms with Crippen LogP contribution in [0.15, 0.2) is 0 Å². The molecule has 0 aromatic rings. The maximum atomic E-state index is 11.8. The van der Waals surface area contributed by atoms with Crippen molar-refractivity contribution in [3.63, 3.8) is 0 Å². The second kappa shape index (κ2) is 5.08. The van der Waals surface area contributed by atoms with Gasteiger partial charge < -0.3 is 10.2 Å². The van der Waals surface area contributed by atoms with Crippen LogP contribution in [-0.2, 0) is 9.59 Å². The summed E-state index contributed by atoms with van der Waals surface area (Å²) in [7, 11) is 0. The first-order chi connectivity index (χ1) is 7.70. The van der Waals surface area contributed by atoms with Crippen LogP contribution in [0.1, 0.15) is 25.7 Å². The molecular weight excluding hydrogens is 224 g/mol. The van der Waals surface area contributed by atoms with Crippen molar-refractivity contribution in [3.8, 4) is 0 Å². The van der Waals surface area contributed by atoms with Crippen LogP contribution in [0.3, 0.4) is 0 Å². The molecule has 2 rings (SSSR count). The molecule has 1 saturated carbocycles. The molecule has 0 aromatic carbocycles. The molecule has 1 heterocycles. The molecule has 0 aromatic heterocycles. The molecule has 90 valence electrons. The lowest BCUT2D eigenvalue weighted by Crippen LogP contribution is -2.41. The molecule has 2 atom stereocenters. The Morgan fingerprint density at radius 1 is 1.38 bits per heavy atom. The Hall–Kier alpha value is -0.710. The zero-order valence-electron chi connectivity index (χ0n) is 9.57. The monoisotopic (exact) mass is 242 g/mol. The van der Waals surface area contributed by atoms with Crippen LogP contribution in [0, 0.1) is 0 Å². The Kier molecular flexibility index (Phi) is 3.74. The summed E-state index contributed by atoms with van der Waals surface area (Å²) < 4.78 is 0. The summed E-state index contributed by atoms with van der Waals surface area (Å²) in [6.45, 7) is 0.774. The summed E-state index contributed by atoms with van der Waals surface area (Å²) in [6, 6.07) is 0.359. The second-order valence-electron chi connectivity index (χ2n) is 4.44. The highest BCUT2D eigenvalue weighted by Crippen LogP contribution is 2.31. The summed E-state index contributed by atoms with van der Waals surface area (Å²) in [5.41, 5.74) is 0. The van der Waals surface area contributed by atoms with Crippen molar-refractivity contribution in [1.29, 1.82) is 0 Å². The molecule has 4 nitrogen and oxygen atoms in total. The van der Waals surface area contributed by atoms with E-state index < -0.39 is 0 Å². The number of carbonyl (C=O) groups excluding carboxylic acids is 2. The predicted octanol–water partition coefficient (Wildman–Crippen LogP) is 0.619. The lowest BCUT2D eigenvalue weighted by molar-refractivity contribution is -0.132. The van der Waals surface area contributed by atoms with Crippen molar-refractivity contribution in [2.45, 2.75) is 37.0 Å². The van der Waals surface area contributed by atoms with E-state index in [4.69, 9.17) is 0 Å². The van der Waals surface area contributed by atoms with E-state index in [-0.39, 0.29) is 18.4 Å². The molecule has 2 unspecified atom stereocenters. The van der Waals surface area contributed by atoms with Gasteiger partial charge in [-0.05, 0) is 25.5 Å². The first kappa shape index (κ1) is 11.8. The number of carbonyl (C=O) groups is 2. The van der Waals surface area contributed by atoms with Gasteiger partial charge >= 0.3 is 0 Å². The minimum absolute atomic E-state index is 0.00439. The van der Waals surface area contributed by atoms with Crippen molar-refractivity contribution in [3.05, 3.63) is 0 Å². The molecular formula is C11H18N2O2S. The molecule has 1 aliphatic heterocycles. The number of nitrogens with one attached hydrogen (secondary N) is 1. The predicted molar refractivity (Wildman–Crippen MR) is 64.3 cm³/mol. The van der Waals surface area contributed by atoms with Gasteiger partial charge in [0.05, 0.1) is 6.54 Å². The molecule has 2 fully saturated rings. The first-order valence-electron chi connectivity index (χ1n) is 5.79.